The zero-order valence-corrected chi connectivity index (χ0v) is 11.8. The molecule has 0 aliphatic carbocycles. The Bertz CT molecular complexity index is 354. The van der Waals surface area contributed by atoms with Crippen molar-refractivity contribution in [2.24, 2.45) is 7.05 Å². The molecular weight excluding hydrogens is 202 g/mol. The second-order valence-electron chi connectivity index (χ2n) is 2.89. The molecule has 0 aliphatic rings. The smallest absolute Gasteiger partial charge is 0.256 e. The Morgan fingerprint density at radius 2 is 1.56 bits per heavy atom. The van der Waals surface area contributed by atoms with E-state index in [0.29, 0.717) is 11.3 Å². The van der Waals surface area contributed by atoms with E-state index in [-0.39, 0.29) is 5.56 Å². The van der Waals surface area contributed by atoms with Gasteiger partial charge in [-0.15, -0.1) is 0 Å². The van der Waals surface area contributed by atoms with Crippen molar-refractivity contribution in [3.63, 3.8) is 0 Å². The second kappa shape index (κ2) is 9.01. The SMILES string of the molecule is CC.CC.COc1c(C)cn(C)c(=O)c1C. The van der Waals surface area contributed by atoms with Crippen molar-refractivity contribution < 1.29 is 4.74 Å². The maximum absolute atomic E-state index is 11.4. The van der Waals surface area contributed by atoms with Crippen LogP contribution in [-0.4, -0.2) is 11.7 Å². The second-order valence-corrected chi connectivity index (χ2v) is 2.89. The summed E-state index contributed by atoms with van der Waals surface area (Å²) in [5.74, 6) is 0.693. The Morgan fingerprint density at radius 3 is 1.94 bits per heavy atom. The molecule has 0 atom stereocenters. The quantitative estimate of drug-likeness (QED) is 0.738. The van der Waals surface area contributed by atoms with Crippen LogP contribution in [0.4, 0.5) is 0 Å². The molecule has 0 unspecified atom stereocenters. The Labute approximate surface area is 99.1 Å². The third-order valence-corrected chi connectivity index (χ3v) is 1.93. The summed E-state index contributed by atoms with van der Waals surface area (Å²) in [6.07, 6.45) is 1.77. The summed E-state index contributed by atoms with van der Waals surface area (Å²) in [5.41, 5.74) is 1.65. The number of rotatable bonds is 1. The van der Waals surface area contributed by atoms with Gasteiger partial charge in [-0.05, 0) is 13.8 Å². The number of aromatic nitrogens is 1. The molecule has 0 bridgehead atoms. The molecule has 0 aromatic carbocycles. The van der Waals surface area contributed by atoms with Crippen LogP contribution < -0.4 is 10.3 Å². The predicted octanol–water partition coefficient (Wildman–Crippen LogP) is 3.06. The minimum absolute atomic E-state index is 0.00236. The van der Waals surface area contributed by atoms with Gasteiger partial charge in [0.15, 0.2) is 0 Å². The average molecular weight is 227 g/mol. The summed E-state index contributed by atoms with van der Waals surface area (Å²) in [4.78, 5) is 11.4. The van der Waals surface area contributed by atoms with Crippen molar-refractivity contribution in [1.29, 1.82) is 0 Å². The highest BCUT2D eigenvalue weighted by molar-refractivity contribution is 5.37. The van der Waals surface area contributed by atoms with Crippen LogP contribution in [0.5, 0.6) is 5.75 Å². The molecular formula is C13H25NO2. The van der Waals surface area contributed by atoms with Gasteiger partial charge in [-0.1, -0.05) is 27.7 Å². The number of hydrogen-bond donors (Lipinski definition) is 0. The summed E-state index contributed by atoms with van der Waals surface area (Å²) in [6.45, 7) is 11.7. The first-order chi connectivity index (χ1) is 7.57. The molecule has 3 nitrogen and oxygen atoms in total. The summed E-state index contributed by atoms with van der Waals surface area (Å²) in [6, 6.07) is 0. The van der Waals surface area contributed by atoms with Gasteiger partial charge in [0.2, 0.25) is 0 Å². The fourth-order valence-electron chi connectivity index (χ4n) is 1.38. The molecule has 3 heteroatoms. The van der Waals surface area contributed by atoms with E-state index in [1.54, 1.807) is 31.8 Å². The van der Waals surface area contributed by atoms with Crippen molar-refractivity contribution in [2.75, 3.05) is 7.11 Å². The first-order valence-corrected chi connectivity index (χ1v) is 5.78. The van der Waals surface area contributed by atoms with Gasteiger partial charge in [0.25, 0.3) is 5.56 Å². The largest absolute Gasteiger partial charge is 0.496 e. The number of ether oxygens (including phenoxy) is 1. The van der Waals surface area contributed by atoms with Gasteiger partial charge < -0.3 is 9.30 Å². The molecule has 0 radical (unpaired) electrons. The molecule has 0 amide bonds. The average Bonchev–Trinajstić information content (AvgIpc) is 2.32. The lowest BCUT2D eigenvalue weighted by atomic mass is 10.2. The van der Waals surface area contributed by atoms with E-state index < -0.39 is 0 Å². The van der Waals surface area contributed by atoms with E-state index in [0.717, 1.165) is 5.56 Å². The molecule has 1 aromatic heterocycles. The highest BCUT2D eigenvalue weighted by Gasteiger charge is 2.07. The van der Waals surface area contributed by atoms with Gasteiger partial charge in [0, 0.05) is 18.8 Å². The standard InChI is InChI=1S/C9H13NO2.2C2H6/c1-6-5-10(3)9(11)7(2)8(6)12-4;2*1-2/h5H,1-4H3;2*1-2H3. The fourth-order valence-corrected chi connectivity index (χ4v) is 1.38. The minimum Gasteiger partial charge on any atom is -0.496 e. The molecule has 0 saturated carbocycles. The molecule has 0 N–H and O–H groups in total. The zero-order chi connectivity index (χ0) is 13.3. The Morgan fingerprint density at radius 1 is 1.12 bits per heavy atom. The summed E-state index contributed by atoms with van der Waals surface area (Å²) in [7, 11) is 3.32. The van der Waals surface area contributed by atoms with E-state index in [4.69, 9.17) is 4.74 Å². The molecule has 1 aromatic rings. The molecule has 0 saturated heterocycles. The number of hydrogen-bond acceptors (Lipinski definition) is 2. The minimum atomic E-state index is -0.00236. The predicted molar refractivity (Wildman–Crippen MR) is 70.4 cm³/mol. The van der Waals surface area contributed by atoms with Crippen LogP contribution in [0.25, 0.3) is 0 Å². The lowest BCUT2D eigenvalue weighted by Crippen LogP contribution is -2.20. The van der Waals surface area contributed by atoms with Gasteiger partial charge >= 0.3 is 0 Å². The van der Waals surface area contributed by atoms with E-state index >= 15 is 0 Å². The van der Waals surface area contributed by atoms with Gasteiger partial charge in [0.1, 0.15) is 5.75 Å². The van der Waals surface area contributed by atoms with Crippen LogP contribution >= 0.6 is 0 Å². The van der Waals surface area contributed by atoms with Crippen LogP contribution in [0.3, 0.4) is 0 Å². The lowest BCUT2D eigenvalue weighted by molar-refractivity contribution is 0.406. The van der Waals surface area contributed by atoms with Crippen LogP contribution in [0.1, 0.15) is 38.8 Å². The first kappa shape index (κ1) is 17.2. The maximum Gasteiger partial charge on any atom is 0.256 e. The van der Waals surface area contributed by atoms with Crippen LogP contribution in [-0.2, 0) is 7.05 Å². The van der Waals surface area contributed by atoms with E-state index in [1.807, 2.05) is 34.6 Å². The fraction of sp³-hybridized carbons (Fsp3) is 0.615. The molecule has 94 valence electrons. The van der Waals surface area contributed by atoms with E-state index in [2.05, 4.69) is 0 Å². The highest BCUT2D eigenvalue weighted by Crippen LogP contribution is 2.17. The molecule has 1 heterocycles. The maximum atomic E-state index is 11.4. The van der Waals surface area contributed by atoms with Gasteiger partial charge in [0.05, 0.1) is 12.7 Å². The number of nitrogens with zero attached hydrogens (tertiary/aromatic N) is 1. The normalized spacial score (nSPS) is 8.25. The van der Waals surface area contributed by atoms with Crippen LogP contribution in [0.2, 0.25) is 0 Å². The Hall–Kier alpha value is -1.25. The van der Waals surface area contributed by atoms with Gasteiger partial charge in [-0.2, -0.15) is 0 Å². The third-order valence-electron chi connectivity index (χ3n) is 1.93. The number of pyridine rings is 1. The zero-order valence-electron chi connectivity index (χ0n) is 11.8. The monoisotopic (exact) mass is 227 g/mol. The topological polar surface area (TPSA) is 31.2 Å². The number of aryl methyl sites for hydroxylation is 2. The van der Waals surface area contributed by atoms with Gasteiger partial charge in [-0.25, -0.2) is 0 Å². The summed E-state index contributed by atoms with van der Waals surface area (Å²) in [5, 5.41) is 0. The van der Waals surface area contributed by atoms with E-state index in [1.165, 1.54) is 0 Å². The molecule has 0 spiro atoms. The van der Waals surface area contributed by atoms with Crippen molar-refractivity contribution in [3.05, 3.63) is 27.7 Å². The molecule has 0 fully saturated rings. The molecule has 0 aliphatic heterocycles. The van der Waals surface area contributed by atoms with Crippen molar-refractivity contribution in [3.8, 4) is 5.75 Å². The Kier molecular flexibility index (Phi) is 9.66. The Balaban J connectivity index is 0. The highest BCUT2D eigenvalue weighted by atomic mass is 16.5. The molecule has 1 rings (SSSR count). The third kappa shape index (κ3) is 4.09. The van der Waals surface area contributed by atoms with Crippen molar-refractivity contribution >= 4 is 0 Å². The summed E-state index contributed by atoms with van der Waals surface area (Å²) >= 11 is 0. The van der Waals surface area contributed by atoms with Crippen LogP contribution in [0.15, 0.2) is 11.0 Å². The van der Waals surface area contributed by atoms with Crippen molar-refractivity contribution in [2.45, 2.75) is 41.5 Å². The van der Waals surface area contributed by atoms with E-state index in [9.17, 15) is 4.79 Å². The molecule has 16 heavy (non-hydrogen) atoms. The lowest BCUT2D eigenvalue weighted by Gasteiger charge is -2.09. The first-order valence-electron chi connectivity index (χ1n) is 5.78. The summed E-state index contributed by atoms with van der Waals surface area (Å²) < 4.78 is 6.66. The number of methoxy groups -OCH3 is 1. The van der Waals surface area contributed by atoms with Crippen molar-refractivity contribution in [1.82, 2.24) is 4.57 Å². The van der Waals surface area contributed by atoms with Crippen LogP contribution in [0, 0.1) is 13.8 Å². The van der Waals surface area contributed by atoms with Gasteiger partial charge in [-0.3, -0.25) is 4.79 Å².